The number of aliphatic carboxylic acids is 1. The SMILES string of the molecule is CC(C)(CC(=O)O)c1cc2c(c(Cl)c1O)CCCC2. The standard InChI is InChI=1S/C15H19ClO3/c1-15(2,8-12(17)18)11-7-9-5-3-4-6-10(9)13(16)14(11)19/h7,19H,3-6,8H2,1-2H3,(H,17,18). The number of fused-ring (bicyclic) bond motifs is 1. The first-order chi connectivity index (χ1) is 8.83. The van der Waals surface area contributed by atoms with Crippen molar-refractivity contribution in [2.75, 3.05) is 0 Å². The lowest BCUT2D eigenvalue weighted by atomic mass is 9.78. The first kappa shape index (κ1) is 14.2. The number of aryl methyl sites for hydroxylation is 1. The van der Waals surface area contributed by atoms with Crippen LogP contribution in [0.4, 0.5) is 0 Å². The summed E-state index contributed by atoms with van der Waals surface area (Å²) < 4.78 is 0. The number of hydrogen-bond donors (Lipinski definition) is 2. The molecule has 0 fully saturated rings. The van der Waals surface area contributed by atoms with Crippen LogP contribution in [0.1, 0.15) is 49.8 Å². The number of phenols is 1. The van der Waals surface area contributed by atoms with E-state index >= 15 is 0 Å². The Morgan fingerprint density at radius 2 is 2.00 bits per heavy atom. The predicted octanol–water partition coefficient (Wildman–Crippen LogP) is 3.68. The Kier molecular flexibility index (Phi) is 3.77. The van der Waals surface area contributed by atoms with Crippen LogP contribution in [0.5, 0.6) is 5.75 Å². The highest BCUT2D eigenvalue weighted by Crippen LogP contribution is 2.43. The molecule has 19 heavy (non-hydrogen) atoms. The monoisotopic (exact) mass is 282 g/mol. The summed E-state index contributed by atoms with van der Waals surface area (Å²) >= 11 is 6.26. The Morgan fingerprint density at radius 3 is 2.63 bits per heavy atom. The van der Waals surface area contributed by atoms with Gasteiger partial charge in [0.15, 0.2) is 0 Å². The fraction of sp³-hybridized carbons (Fsp3) is 0.533. The predicted molar refractivity (Wildman–Crippen MR) is 75.0 cm³/mol. The fourth-order valence-corrected chi connectivity index (χ4v) is 3.15. The number of phenolic OH excluding ortho intramolecular Hbond substituents is 1. The molecule has 1 aromatic rings. The molecule has 0 saturated carbocycles. The van der Waals surface area contributed by atoms with Crippen molar-refractivity contribution in [3.63, 3.8) is 0 Å². The number of benzene rings is 1. The number of carboxylic acids is 1. The quantitative estimate of drug-likeness (QED) is 0.889. The van der Waals surface area contributed by atoms with Gasteiger partial charge in [0.1, 0.15) is 5.75 Å². The van der Waals surface area contributed by atoms with E-state index < -0.39 is 11.4 Å². The summed E-state index contributed by atoms with van der Waals surface area (Å²) in [7, 11) is 0. The molecule has 0 radical (unpaired) electrons. The molecule has 0 unspecified atom stereocenters. The summed E-state index contributed by atoms with van der Waals surface area (Å²) in [6.45, 7) is 3.64. The molecule has 0 saturated heterocycles. The van der Waals surface area contributed by atoms with E-state index in [-0.39, 0.29) is 12.2 Å². The Morgan fingerprint density at radius 1 is 1.37 bits per heavy atom. The van der Waals surface area contributed by atoms with Gasteiger partial charge in [0.2, 0.25) is 0 Å². The van der Waals surface area contributed by atoms with Crippen LogP contribution >= 0.6 is 11.6 Å². The summed E-state index contributed by atoms with van der Waals surface area (Å²) in [6.07, 6.45) is 4.01. The summed E-state index contributed by atoms with van der Waals surface area (Å²) in [4.78, 5) is 11.0. The van der Waals surface area contributed by atoms with Crippen molar-refractivity contribution in [3.8, 4) is 5.75 Å². The van der Waals surface area contributed by atoms with Crippen LogP contribution in [0.2, 0.25) is 5.02 Å². The molecule has 0 amide bonds. The number of halogens is 1. The van der Waals surface area contributed by atoms with Gasteiger partial charge in [-0.05, 0) is 36.8 Å². The van der Waals surface area contributed by atoms with Gasteiger partial charge in [0.25, 0.3) is 0 Å². The molecule has 3 nitrogen and oxygen atoms in total. The Bertz CT molecular complexity index is 521. The third kappa shape index (κ3) is 2.71. The second-order valence-electron chi connectivity index (χ2n) is 5.89. The van der Waals surface area contributed by atoms with E-state index in [4.69, 9.17) is 16.7 Å². The third-order valence-electron chi connectivity index (χ3n) is 3.88. The second kappa shape index (κ2) is 5.04. The maximum atomic E-state index is 11.0. The van der Waals surface area contributed by atoms with Crippen LogP contribution in [-0.4, -0.2) is 16.2 Å². The lowest BCUT2D eigenvalue weighted by Crippen LogP contribution is -2.23. The average Bonchev–Trinajstić information content (AvgIpc) is 2.32. The first-order valence-corrected chi connectivity index (χ1v) is 6.96. The van der Waals surface area contributed by atoms with Gasteiger partial charge in [0.05, 0.1) is 11.4 Å². The zero-order valence-corrected chi connectivity index (χ0v) is 12.0. The molecule has 0 atom stereocenters. The number of carboxylic acid groups (broad SMARTS) is 1. The minimum atomic E-state index is -0.877. The van der Waals surface area contributed by atoms with E-state index in [0.717, 1.165) is 36.8 Å². The minimum Gasteiger partial charge on any atom is -0.506 e. The van der Waals surface area contributed by atoms with Gasteiger partial charge in [0, 0.05) is 11.0 Å². The van der Waals surface area contributed by atoms with Gasteiger partial charge in [-0.25, -0.2) is 0 Å². The van der Waals surface area contributed by atoms with E-state index in [2.05, 4.69) is 0 Å². The molecule has 2 N–H and O–H groups in total. The first-order valence-electron chi connectivity index (χ1n) is 6.58. The van der Waals surface area contributed by atoms with Crippen molar-refractivity contribution in [2.24, 2.45) is 0 Å². The number of hydrogen-bond acceptors (Lipinski definition) is 2. The number of carbonyl (C=O) groups is 1. The largest absolute Gasteiger partial charge is 0.506 e. The Hall–Kier alpha value is -1.22. The zero-order chi connectivity index (χ0) is 14.2. The molecule has 0 aromatic heterocycles. The highest BCUT2D eigenvalue weighted by molar-refractivity contribution is 6.33. The molecule has 0 aliphatic heterocycles. The molecule has 1 aliphatic rings. The second-order valence-corrected chi connectivity index (χ2v) is 6.26. The Labute approximate surface area is 118 Å². The molecule has 0 bridgehead atoms. The summed E-state index contributed by atoms with van der Waals surface area (Å²) in [5.74, 6) is -0.827. The zero-order valence-electron chi connectivity index (χ0n) is 11.3. The number of aromatic hydroxyl groups is 1. The van der Waals surface area contributed by atoms with Gasteiger partial charge in [-0.2, -0.15) is 0 Å². The molecular formula is C15H19ClO3. The van der Waals surface area contributed by atoms with Crippen LogP contribution < -0.4 is 0 Å². The maximum Gasteiger partial charge on any atom is 0.304 e. The van der Waals surface area contributed by atoms with Crippen LogP contribution in [-0.2, 0) is 23.1 Å². The molecule has 2 rings (SSSR count). The van der Waals surface area contributed by atoms with Gasteiger partial charge in [-0.3, -0.25) is 4.79 Å². The van der Waals surface area contributed by atoms with Crippen LogP contribution in [0.15, 0.2) is 6.07 Å². The number of rotatable bonds is 3. The molecule has 1 aromatic carbocycles. The molecule has 4 heteroatoms. The van der Waals surface area contributed by atoms with Crippen LogP contribution in [0, 0.1) is 0 Å². The molecule has 104 valence electrons. The van der Waals surface area contributed by atoms with Crippen molar-refractivity contribution in [2.45, 2.75) is 51.4 Å². The lowest BCUT2D eigenvalue weighted by molar-refractivity contribution is -0.138. The normalized spacial score (nSPS) is 15.1. The molecule has 0 heterocycles. The summed E-state index contributed by atoms with van der Waals surface area (Å²) in [5, 5.41) is 19.7. The Balaban J connectivity index is 2.52. The third-order valence-corrected chi connectivity index (χ3v) is 4.29. The van der Waals surface area contributed by atoms with E-state index in [9.17, 15) is 9.90 Å². The van der Waals surface area contributed by atoms with Crippen molar-refractivity contribution in [1.29, 1.82) is 0 Å². The van der Waals surface area contributed by atoms with Gasteiger partial charge >= 0.3 is 5.97 Å². The topological polar surface area (TPSA) is 57.5 Å². The van der Waals surface area contributed by atoms with E-state index in [1.807, 2.05) is 19.9 Å². The van der Waals surface area contributed by atoms with Gasteiger partial charge in [-0.1, -0.05) is 31.5 Å². The van der Waals surface area contributed by atoms with Crippen molar-refractivity contribution in [3.05, 3.63) is 27.8 Å². The highest BCUT2D eigenvalue weighted by atomic mass is 35.5. The van der Waals surface area contributed by atoms with Crippen LogP contribution in [0.25, 0.3) is 0 Å². The molecule has 0 spiro atoms. The van der Waals surface area contributed by atoms with Crippen molar-refractivity contribution in [1.82, 2.24) is 0 Å². The minimum absolute atomic E-state index is 0.0321. The summed E-state index contributed by atoms with van der Waals surface area (Å²) in [6, 6.07) is 1.94. The van der Waals surface area contributed by atoms with E-state index in [1.165, 1.54) is 0 Å². The smallest absolute Gasteiger partial charge is 0.304 e. The fourth-order valence-electron chi connectivity index (χ4n) is 2.83. The lowest BCUT2D eigenvalue weighted by Gasteiger charge is -2.28. The summed E-state index contributed by atoms with van der Waals surface area (Å²) in [5.41, 5.74) is 2.19. The highest BCUT2D eigenvalue weighted by Gasteiger charge is 2.30. The van der Waals surface area contributed by atoms with Gasteiger partial charge < -0.3 is 10.2 Å². The average molecular weight is 283 g/mol. The van der Waals surface area contributed by atoms with Crippen molar-refractivity contribution >= 4 is 17.6 Å². The van der Waals surface area contributed by atoms with Gasteiger partial charge in [-0.15, -0.1) is 0 Å². The van der Waals surface area contributed by atoms with Crippen LogP contribution in [0.3, 0.4) is 0 Å². The van der Waals surface area contributed by atoms with E-state index in [1.54, 1.807) is 0 Å². The van der Waals surface area contributed by atoms with Crippen molar-refractivity contribution < 1.29 is 15.0 Å². The maximum absolute atomic E-state index is 11.0. The van der Waals surface area contributed by atoms with E-state index in [0.29, 0.717) is 10.6 Å². The molecule has 1 aliphatic carbocycles. The molecular weight excluding hydrogens is 264 g/mol.